The fraction of sp³-hybridized carbons (Fsp3) is 0. The van der Waals surface area contributed by atoms with Crippen LogP contribution in [0.2, 0.25) is 0 Å². The largest absolute Gasteiger partial charge is 0.505 e. The number of nitro groups is 1. The van der Waals surface area contributed by atoms with E-state index in [0.717, 1.165) is 42.5 Å². The summed E-state index contributed by atoms with van der Waals surface area (Å²) in [6.07, 6.45) is 0. The first-order valence-electron chi connectivity index (χ1n) is 19.7. The number of fused-ring (bicyclic) bond motifs is 2. The minimum atomic E-state index is -5.49. The van der Waals surface area contributed by atoms with Crippen molar-refractivity contribution in [3.8, 4) is 11.5 Å². The number of nitrogens with two attached hydrogens (primary N) is 1. The number of para-hydroxylation sites is 1. The number of anilines is 1. The smallest absolute Gasteiger partial charge is 0.425 e. The molecule has 0 spiro atoms. The monoisotopic (exact) mass is 1250 g/mol. The van der Waals surface area contributed by atoms with Gasteiger partial charge >= 0.3 is 31.8 Å². The Morgan fingerprint density at radius 1 is 0.438 bits per heavy atom. The maximum atomic E-state index is 12.9. The average molecular weight is 1250 g/mol. The van der Waals surface area contributed by atoms with Gasteiger partial charge in [-0.2, -0.15) is 49.0 Å². The molecule has 0 amide bonds. The second-order valence-electron chi connectivity index (χ2n) is 14.3. The van der Waals surface area contributed by atoms with Crippen LogP contribution in [0, 0.1) is 10.1 Å². The predicted octanol–water partition coefficient (Wildman–Crippen LogP) is 6.53. The quantitative estimate of drug-likeness (QED) is 0.0212. The van der Waals surface area contributed by atoms with Gasteiger partial charge < -0.3 is 15.9 Å². The molecule has 0 aromatic heterocycles. The van der Waals surface area contributed by atoms with Gasteiger partial charge in [-0.25, -0.2) is 0 Å². The SMILES string of the molecule is Nc1c(N=Nc2ccc3c(O)c(N=Nc4ccc(N=Nc5ccc(S(=O)(=O)O)cc5)cc4)c(S(=O)(=O)O)cc3c2S(=O)(=O)O)cc(S(=O)(=O)O)c2ccc(N=Nc3ccccc3[N+](=O)[O-])c(O)c12.O=S(=O)=O.O=S(=O)=O.O=S(=O)=O. The maximum Gasteiger partial charge on any atom is 0.425 e. The number of phenols is 2. The van der Waals surface area contributed by atoms with Crippen LogP contribution in [0.15, 0.2) is 170 Å². The van der Waals surface area contributed by atoms with Crippen LogP contribution < -0.4 is 5.73 Å². The number of benzene rings is 7. The summed E-state index contributed by atoms with van der Waals surface area (Å²) in [5.74, 6) is -1.93. The second kappa shape index (κ2) is 25.9. The van der Waals surface area contributed by atoms with Crippen molar-refractivity contribution in [2.75, 3.05) is 5.73 Å². The Morgan fingerprint density at radius 3 is 1.34 bits per heavy atom. The summed E-state index contributed by atoms with van der Waals surface area (Å²) in [7, 11) is -29.8. The van der Waals surface area contributed by atoms with Gasteiger partial charge in [0, 0.05) is 22.2 Å². The Labute approximate surface area is 450 Å². The molecule has 0 fully saturated rings. The molecule has 0 saturated carbocycles. The highest BCUT2D eigenvalue weighted by molar-refractivity contribution is 7.87. The zero-order chi connectivity index (χ0) is 60.2. The van der Waals surface area contributed by atoms with Crippen molar-refractivity contribution in [2.24, 2.45) is 40.9 Å². The van der Waals surface area contributed by atoms with E-state index < -0.39 is 154 Å². The number of nitro benzene ring substituents is 1. The minimum Gasteiger partial charge on any atom is -0.505 e. The van der Waals surface area contributed by atoms with E-state index in [1.54, 1.807) is 0 Å². The van der Waals surface area contributed by atoms with Gasteiger partial charge in [-0.1, -0.05) is 18.2 Å². The van der Waals surface area contributed by atoms with Crippen molar-refractivity contribution in [1.82, 2.24) is 0 Å². The zero-order valence-corrected chi connectivity index (χ0v) is 44.0. The summed E-state index contributed by atoms with van der Waals surface area (Å²) >= 11 is 0. The van der Waals surface area contributed by atoms with Crippen molar-refractivity contribution in [2.45, 2.75) is 19.6 Å². The van der Waals surface area contributed by atoms with E-state index in [0.29, 0.717) is 12.1 Å². The highest BCUT2D eigenvalue weighted by atomic mass is 32.2. The van der Waals surface area contributed by atoms with Gasteiger partial charge in [-0.05, 0) is 84.9 Å². The number of hydrogen-bond acceptors (Lipinski definition) is 30. The lowest BCUT2D eigenvalue weighted by molar-refractivity contribution is -0.384. The highest BCUT2D eigenvalue weighted by Gasteiger charge is 2.29. The van der Waals surface area contributed by atoms with Crippen molar-refractivity contribution in [3.05, 3.63) is 119 Å². The molecule has 80 heavy (non-hydrogen) atoms. The third-order valence-electron chi connectivity index (χ3n) is 9.35. The van der Waals surface area contributed by atoms with Crippen LogP contribution in [0.4, 0.5) is 56.9 Å². The van der Waals surface area contributed by atoms with Crippen LogP contribution >= 0.6 is 0 Å². The van der Waals surface area contributed by atoms with E-state index >= 15 is 0 Å². The van der Waals surface area contributed by atoms with Crippen LogP contribution in [0.3, 0.4) is 0 Å². The molecular formula is C38H26N10O25S7. The maximum absolute atomic E-state index is 12.9. The standard InChI is InChI=1S/C38H26N10O16S4.3O3S/c39-34-29(18-31(66(56,57)58)24-14-15-27(37(50)33(24)34)44-43-26-3-1-2-4-30(26)48(51)52)46-45-28-16-13-23-25(38(28)68(62,63)64)17-32(67(59,60)61)35(36(23)49)47-42-20-7-5-19(6-8-20)40-41-21-9-11-22(12-10-21)65(53,54)55;3*1-4(2)3/h1-18,49-50H,39H2,(H,53,54,55)(H,56,57,58)(H,59,60,61)(H,62,63,64);;;. The number of nitrogens with zero attached hydrogens (tertiary/aromatic N) is 9. The van der Waals surface area contributed by atoms with Crippen molar-refractivity contribution in [3.63, 3.8) is 0 Å². The fourth-order valence-electron chi connectivity index (χ4n) is 6.28. The first kappa shape index (κ1) is 63.3. The average Bonchev–Trinajstić information content (AvgIpc) is 3.33. The Balaban J connectivity index is 0.00000104. The molecule has 7 rings (SSSR count). The van der Waals surface area contributed by atoms with Gasteiger partial charge in [0.25, 0.3) is 46.2 Å². The molecule has 8 N–H and O–H groups in total. The number of phenolic OH excluding ortho intramolecular Hbond substituents is 2. The van der Waals surface area contributed by atoms with Gasteiger partial charge in [0.2, 0.25) is 0 Å². The van der Waals surface area contributed by atoms with Gasteiger partial charge in [0.1, 0.15) is 37.4 Å². The summed E-state index contributed by atoms with van der Waals surface area (Å²) in [4.78, 5) is 7.01. The molecule has 0 aliphatic rings. The highest BCUT2D eigenvalue weighted by Crippen LogP contribution is 2.48. The summed E-state index contributed by atoms with van der Waals surface area (Å²) in [5, 5.41) is 62.5. The van der Waals surface area contributed by atoms with E-state index in [1.807, 2.05) is 0 Å². The second-order valence-corrected chi connectivity index (χ2v) is 21.1. The Morgan fingerprint density at radius 2 is 0.863 bits per heavy atom. The number of hydrogen-bond donors (Lipinski definition) is 7. The van der Waals surface area contributed by atoms with Crippen molar-refractivity contribution in [1.29, 1.82) is 0 Å². The fourth-order valence-corrected chi connectivity index (χ4v) is 8.94. The van der Waals surface area contributed by atoms with E-state index in [2.05, 4.69) is 40.9 Å². The number of aromatic hydroxyl groups is 2. The summed E-state index contributed by atoms with van der Waals surface area (Å²) in [6.45, 7) is 0. The summed E-state index contributed by atoms with van der Waals surface area (Å²) in [6, 6.07) is 20.5. The zero-order valence-electron chi connectivity index (χ0n) is 38.3. The lowest BCUT2D eigenvalue weighted by atomic mass is 10.1. The minimum absolute atomic E-state index is 0.0224. The number of rotatable bonds is 13. The number of azo groups is 4. The Kier molecular flexibility index (Phi) is 20.5. The Hall–Kier alpha value is -9.24. The summed E-state index contributed by atoms with van der Waals surface area (Å²) < 4.78 is 215. The molecule has 0 heterocycles. The third kappa shape index (κ3) is 17.1. The molecule has 420 valence electrons. The molecule has 42 heteroatoms. The van der Waals surface area contributed by atoms with Crippen LogP contribution in [-0.4, -0.2) is 105 Å². The van der Waals surface area contributed by atoms with Crippen molar-refractivity contribution >= 4 is 151 Å². The van der Waals surface area contributed by atoms with Crippen LogP contribution in [0.1, 0.15) is 0 Å². The van der Waals surface area contributed by atoms with Gasteiger partial charge in [0.15, 0.2) is 17.2 Å². The molecular weight excluding hydrogens is 1220 g/mol. The van der Waals surface area contributed by atoms with E-state index in [1.165, 1.54) is 54.6 Å². The molecule has 0 aliphatic heterocycles. The van der Waals surface area contributed by atoms with Crippen LogP contribution in [0.25, 0.3) is 21.5 Å². The molecule has 0 aliphatic carbocycles. The number of nitrogen functional groups attached to an aromatic ring is 1. The van der Waals surface area contributed by atoms with Gasteiger partial charge in [-0.3, -0.25) is 28.3 Å². The molecule has 0 unspecified atom stereocenters. The van der Waals surface area contributed by atoms with E-state index in [-0.39, 0.29) is 33.0 Å². The topological polar surface area (TPSA) is 580 Å². The Bertz CT molecular complexity index is 4530. The van der Waals surface area contributed by atoms with Crippen LogP contribution in [0.5, 0.6) is 11.5 Å². The lowest BCUT2D eigenvalue weighted by Crippen LogP contribution is -2.03. The first-order chi connectivity index (χ1) is 37.0. The molecule has 35 nitrogen and oxygen atoms in total. The van der Waals surface area contributed by atoms with Gasteiger partial charge in [-0.15, -0.1) is 63.5 Å². The van der Waals surface area contributed by atoms with Gasteiger partial charge in [0.05, 0.1) is 38.0 Å². The molecule has 0 radical (unpaired) electrons. The third-order valence-corrected chi connectivity index (χ3v) is 12.9. The normalized spacial score (nSPS) is 11.9. The lowest BCUT2D eigenvalue weighted by Gasteiger charge is -2.13. The molecule has 7 aromatic carbocycles. The van der Waals surface area contributed by atoms with E-state index in [4.69, 9.17) is 48.2 Å². The molecule has 0 atom stereocenters. The van der Waals surface area contributed by atoms with Crippen molar-refractivity contribution < 1.29 is 105 Å². The first-order valence-corrected chi connectivity index (χ1v) is 28.5. The molecule has 0 bridgehead atoms. The van der Waals surface area contributed by atoms with Crippen LogP contribution in [-0.2, 0) is 72.3 Å². The summed E-state index contributed by atoms with van der Waals surface area (Å²) in [5.41, 5.74) is 2.79. The molecule has 7 aromatic rings. The predicted molar refractivity (Wildman–Crippen MR) is 267 cm³/mol. The van der Waals surface area contributed by atoms with E-state index in [9.17, 15) is 67.7 Å². The molecule has 0 saturated heterocycles.